The van der Waals surface area contributed by atoms with E-state index < -0.39 is 5.41 Å². The molecule has 0 saturated heterocycles. The second-order valence-corrected chi connectivity index (χ2v) is 10.3. The molecule has 186 valence electrons. The number of hydrogen-bond donors (Lipinski definition) is 1. The van der Waals surface area contributed by atoms with Gasteiger partial charge in [0.05, 0.1) is 47.2 Å². The van der Waals surface area contributed by atoms with Gasteiger partial charge in [-0.25, -0.2) is 4.68 Å². The van der Waals surface area contributed by atoms with Crippen LogP contribution in [0, 0.1) is 28.1 Å². The lowest BCUT2D eigenvalue weighted by Gasteiger charge is -2.36. The maximum Gasteiger partial charge on any atom is 0.0991 e. The zero-order valence-corrected chi connectivity index (χ0v) is 21.9. The van der Waals surface area contributed by atoms with Gasteiger partial charge >= 0.3 is 0 Å². The number of hydrogen-bond acceptors (Lipinski definition) is 5. The lowest BCUT2D eigenvalue weighted by molar-refractivity contribution is 0.281. The third-order valence-electron chi connectivity index (χ3n) is 6.77. The fourth-order valence-corrected chi connectivity index (χ4v) is 4.75. The number of nitrogens with zero attached hydrogens (tertiary/aromatic N) is 5. The van der Waals surface area contributed by atoms with E-state index in [1.54, 1.807) is 17.1 Å². The van der Waals surface area contributed by atoms with Gasteiger partial charge in [-0.15, -0.1) is 5.10 Å². The maximum atomic E-state index is 10.1. The van der Waals surface area contributed by atoms with E-state index in [0.717, 1.165) is 28.8 Å². The van der Waals surface area contributed by atoms with Crippen LogP contribution in [0.15, 0.2) is 85.2 Å². The average Bonchev–Trinajstić information content (AvgIpc) is 3.46. The molecule has 6 nitrogen and oxygen atoms in total. The van der Waals surface area contributed by atoms with Gasteiger partial charge in [-0.3, -0.25) is 0 Å². The van der Waals surface area contributed by atoms with Crippen LogP contribution in [0.5, 0.6) is 0 Å². The van der Waals surface area contributed by atoms with Crippen molar-refractivity contribution in [2.45, 2.75) is 45.2 Å². The van der Waals surface area contributed by atoms with E-state index >= 15 is 0 Å². The highest BCUT2D eigenvalue weighted by Crippen LogP contribution is 2.36. The van der Waals surface area contributed by atoms with Crippen LogP contribution in [0.25, 0.3) is 5.69 Å². The van der Waals surface area contributed by atoms with Gasteiger partial charge in [-0.05, 0) is 80.3 Å². The molecular weight excluding hydrogens is 480 g/mol. The summed E-state index contributed by atoms with van der Waals surface area (Å²) in [5.74, 6) is 0.0564. The minimum atomic E-state index is -0.678. The first-order valence-corrected chi connectivity index (χ1v) is 12.6. The Bertz CT molecular complexity index is 1400. The molecule has 0 radical (unpaired) electrons. The number of rotatable bonds is 9. The maximum absolute atomic E-state index is 10.1. The van der Waals surface area contributed by atoms with Gasteiger partial charge in [0.2, 0.25) is 0 Å². The van der Waals surface area contributed by atoms with Crippen molar-refractivity contribution in [2.75, 3.05) is 0 Å². The lowest BCUT2D eigenvalue weighted by Crippen LogP contribution is -2.42. The molecule has 0 aliphatic carbocycles. The van der Waals surface area contributed by atoms with E-state index in [1.165, 1.54) is 0 Å². The number of benzene rings is 3. The van der Waals surface area contributed by atoms with Gasteiger partial charge in [-0.2, -0.15) is 10.5 Å². The number of nitriles is 2. The molecule has 4 rings (SSSR count). The zero-order chi connectivity index (χ0) is 26.4. The van der Waals surface area contributed by atoms with Gasteiger partial charge in [-0.1, -0.05) is 53.2 Å². The summed E-state index contributed by atoms with van der Waals surface area (Å²) in [4.78, 5) is 0. The molecule has 3 aromatic carbocycles. The minimum absolute atomic E-state index is 0.0164. The van der Waals surface area contributed by atoms with Gasteiger partial charge in [0.15, 0.2) is 0 Å². The summed E-state index contributed by atoms with van der Waals surface area (Å²) >= 11 is 6.13. The second-order valence-electron chi connectivity index (χ2n) is 9.84. The SMILES string of the molecule is C[C@H](NC(c1ccc(-n2ccnn2)cc1)C(C)(C)C#N)[C@@H](Cc1ccc(Cl)cc1)c1cccc(C#N)c1. The molecule has 1 heterocycles. The summed E-state index contributed by atoms with van der Waals surface area (Å²) in [6, 6.07) is 28.2. The van der Waals surface area contributed by atoms with Crippen molar-refractivity contribution in [1.82, 2.24) is 20.3 Å². The summed E-state index contributed by atoms with van der Waals surface area (Å²) in [5.41, 5.74) is 4.09. The lowest BCUT2D eigenvalue weighted by atomic mass is 9.79. The monoisotopic (exact) mass is 508 g/mol. The molecule has 7 heteroatoms. The van der Waals surface area contributed by atoms with Crippen LogP contribution in [0.3, 0.4) is 0 Å². The van der Waals surface area contributed by atoms with Crippen LogP contribution in [-0.2, 0) is 6.42 Å². The Labute approximate surface area is 223 Å². The highest BCUT2D eigenvalue weighted by atomic mass is 35.5. The van der Waals surface area contributed by atoms with Crippen LogP contribution in [0.2, 0.25) is 5.02 Å². The zero-order valence-electron chi connectivity index (χ0n) is 21.1. The molecule has 0 aliphatic rings. The highest BCUT2D eigenvalue weighted by Gasteiger charge is 2.34. The molecule has 0 amide bonds. The van der Waals surface area contributed by atoms with Crippen molar-refractivity contribution in [3.63, 3.8) is 0 Å². The molecule has 1 unspecified atom stereocenters. The highest BCUT2D eigenvalue weighted by molar-refractivity contribution is 6.30. The first kappa shape index (κ1) is 26.1. The average molecular weight is 509 g/mol. The van der Waals surface area contributed by atoms with Gasteiger partial charge in [0.1, 0.15) is 0 Å². The topological polar surface area (TPSA) is 90.3 Å². The second kappa shape index (κ2) is 11.4. The van der Waals surface area contributed by atoms with E-state index in [-0.39, 0.29) is 18.0 Å². The standard InChI is InChI=1S/C30H29ClN6/c1-21(28(18-22-7-11-26(31)12-8-22)25-6-4-5-23(17-25)19-32)35-29(30(2,3)20-33)24-9-13-27(14-10-24)37-16-15-34-36-37/h4-17,21,28-29,35H,18H2,1-3H3/t21-,28+,29?/m0/s1. The van der Waals surface area contributed by atoms with Crippen molar-refractivity contribution >= 4 is 11.6 Å². The molecule has 37 heavy (non-hydrogen) atoms. The molecule has 1 N–H and O–H groups in total. The van der Waals surface area contributed by atoms with E-state index in [1.807, 2.05) is 80.6 Å². The van der Waals surface area contributed by atoms with E-state index in [4.69, 9.17) is 11.6 Å². The molecule has 0 saturated carbocycles. The quantitative estimate of drug-likeness (QED) is 0.283. The van der Waals surface area contributed by atoms with Gasteiger partial charge in [0.25, 0.3) is 0 Å². The van der Waals surface area contributed by atoms with Crippen molar-refractivity contribution in [2.24, 2.45) is 5.41 Å². The van der Waals surface area contributed by atoms with Crippen LogP contribution in [0.4, 0.5) is 0 Å². The van der Waals surface area contributed by atoms with E-state index in [2.05, 4.69) is 40.8 Å². The van der Waals surface area contributed by atoms with E-state index in [9.17, 15) is 10.5 Å². The summed E-state index contributed by atoms with van der Waals surface area (Å²) in [5, 5.41) is 32.0. The molecule has 3 atom stereocenters. The van der Waals surface area contributed by atoms with Gasteiger partial charge < -0.3 is 5.32 Å². The summed E-state index contributed by atoms with van der Waals surface area (Å²) in [7, 11) is 0. The Hall–Kier alpha value is -3.97. The molecule has 0 bridgehead atoms. The van der Waals surface area contributed by atoms with Crippen molar-refractivity contribution < 1.29 is 0 Å². The Morgan fingerprint density at radius 3 is 2.35 bits per heavy atom. The molecular formula is C30H29ClN6. The Kier molecular flexibility index (Phi) is 8.04. The first-order valence-electron chi connectivity index (χ1n) is 12.2. The fourth-order valence-electron chi connectivity index (χ4n) is 4.63. The predicted molar refractivity (Wildman–Crippen MR) is 145 cm³/mol. The molecule has 1 aromatic heterocycles. The first-order chi connectivity index (χ1) is 17.8. The Morgan fingerprint density at radius 2 is 1.73 bits per heavy atom. The summed E-state index contributed by atoms with van der Waals surface area (Å²) in [6.45, 7) is 6.05. The molecule has 4 aromatic rings. The van der Waals surface area contributed by atoms with Crippen LogP contribution in [-0.4, -0.2) is 21.0 Å². The normalized spacial score (nSPS) is 13.8. The largest absolute Gasteiger partial charge is 0.305 e. The third-order valence-corrected chi connectivity index (χ3v) is 7.02. The molecule has 0 fully saturated rings. The molecule has 0 aliphatic heterocycles. The number of nitrogens with one attached hydrogen (secondary N) is 1. The van der Waals surface area contributed by atoms with Crippen molar-refractivity contribution in [3.8, 4) is 17.8 Å². The Balaban J connectivity index is 1.67. The Morgan fingerprint density at radius 1 is 1.00 bits per heavy atom. The van der Waals surface area contributed by atoms with E-state index in [0.29, 0.717) is 10.6 Å². The smallest absolute Gasteiger partial charge is 0.0991 e. The third kappa shape index (κ3) is 6.24. The molecule has 0 spiro atoms. The fraction of sp³-hybridized carbons (Fsp3) is 0.267. The minimum Gasteiger partial charge on any atom is -0.305 e. The van der Waals surface area contributed by atoms with Crippen LogP contribution in [0.1, 0.15) is 55.0 Å². The van der Waals surface area contributed by atoms with Crippen LogP contribution >= 0.6 is 11.6 Å². The summed E-state index contributed by atoms with van der Waals surface area (Å²) in [6.07, 6.45) is 4.19. The van der Waals surface area contributed by atoms with Crippen LogP contribution < -0.4 is 5.32 Å². The predicted octanol–water partition coefficient (Wildman–Crippen LogP) is 6.39. The van der Waals surface area contributed by atoms with Gasteiger partial charge in [0, 0.05) is 17.0 Å². The number of aromatic nitrogens is 3. The number of halogens is 1. The summed E-state index contributed by atoms with van der Waals surface area (Å²) < 4.78 is 1.70. The van der Waals surface area contributed by atoms with Crippen molar-refractivity contribution in [3.05, 3.63) is 112 Å². The van der Waals surface area contributed by atoms with Crippen molar-refractivity contribution in [1.29, 1.82) is 10.5 Å².